The minimum absolute atomic E-state index is 0.723. The van der Waals surface area contributed by atoms with E-state index in [9.17, 15) is 0 Å². The van der Waals surface area contributed by atoms with Gasteiger partial charge in [0.1, 0.15) is 5.82 Å². The van der Waals surface area contributed by atoms with Gasteiger partial charge in [-0.1, -0.05) is 13.8 Å². The summed E-state index contributed by atoms with van der Waals surface area (Å²) in [6.45, 7) is 11.0. The third-order valence-corrected chi connectivity index (χ3v) is 4.16. The third kappa shape index (κ3) is 4.38. The van der Waals surface area contributed by atoms with Crippen LogP contribution in [0.2, 0.25) is 0 Å². The van der Waals surface area contributed by atoms with Crippen LogP contribution in [-0.2, 0) is 6.54 Å². The van der Waals surface area contributed by atoms with Crippen LogP contribution in [0.1, 0.15) is 32.4 Å². The number of piperazine rings is 1. The van der Waals surface area contributed by atoms with E-state index in [-0.39, 0.29) is 0 Å². The molecule has 1 saturated heterocycles. The first-order valence-electron chi connectivity index (χ1n) is 8.22. The van der Waals surface area contributed by atoms with E-state index in [4.69, 9.17) is 0 Å². The van der Waals surface area contributed by atoms with Gasteiger partial charge in [0.15, 0.2) is 0 Å². The number of anilines is 1. The first-order chi connectivity index (χ1) is 10.2. The maximum absolute atomic E-state index is 4.59. The van der Waals surface area contributed by atoms with Gasteiger partial charge in [-0.05, 0) is 18.8 Å². The molecule has 0 aromatic carbocycles. The van der Waals surface area contributed by atoms with Gasteiger partial charge in [0, 0.05) is 45.3 Å². The van der Waals surface area contributed by atoms with Gasteiger partial charge < -0.3 is 10.2 Å². The Labute approximate surface area is 127 Å². The number of hydrogen-bond acceptors (Lipinski definition) is 5. The molecular formula is C16H27N5. The van der Waals surface area contributed by atoms with E-state index in [0.29, 0.717) is 0 Å². The molecule has 1 aliphatic heterocycles. The fourth-order valence-electron chi connectivity index (χ4n) is 2.81. The Morgan fingerprint density at radius 1 is 1.14 bits per heavy atom. The fraction of sp³-hybridized carbons (Fsp3) is 0.750. The van der Waals surface area contributed by atoms with Gasteiger partial charge in [-0.2, -0.15) is 0 Å². The van der Waals surface area contributed by atoms with E-state index in [1.807, 2.05) is 12.4 Å². The van der Waals surface area contributed by atoms with Gasteiger partial charge in [0.2, 0.25) is 0 Å². The Morgan fingerprint density at radius 3 is 2.48 bits per heavy atom. The minimum atomic E-state index is 0.723. The second kappa shape index (κ2) is 6.71. The number of nitrogens with one attached hydrogen (secondary N) is 1. The zero-order chi connectivity index (χ0) is 14.7. The lowest BCUT2D eigenvalue weighted by molar-refractivity contribution is 0.231. The molecule has 1 saturated carbocycles. The Bertz CT molecular complexity index is 432. The standard InChI is InChI=1S/C16H27N5/c1-13(2)12-20-5-7-21(8-6-20)16-11-18-15(10-19-16)9-17-14-3-4-14/h10-11,13-14,17H,3-9,12H2,1-2H3. The smallest absolute Gasteiger partial charge is 0.147 e. The monoisotopic (exact) mass is 289 g/mol. The molecule has 3 rings (SSSR count). The molecular weight excluding hydrogens is 262 g/mol. The zero-order valence-corrected chi connectivity index (χ0v) is 13.3. The lowest BCUT2D eigenvalue weighted by Gasteiger charge is -2.36. The highest BCUT2D eigenvalue weighted by atomic mass is 15.3. The Morgan fingerprint density at radius 2 is 1.90 bits per heavy atom. The molecule has 0 radical (unpaired) electrons. The molecule has 21 heavy (non-hydrogen) atoms. The predicted molar refractivity (Wildman–Crippen MR) is 85.4 cm³/mol. The van der Waals surface area contributed by atoms with Gasteiger partial charge in [-0.25, -0.2) is 4.98 Å². The van der Waals surface area contributed by atoms with Crippen LogP contribution in [-0.4, -0.2) is 53.6 Å². The molecule has 116 valence electrons. The third-order valence-electron chi connectivity index (χ3n) is 4.16. The maximum atomic E-state index is 4.59. The summed E-state index contributed by atoms with van der Waals surface area (Å²) in [7, 11) is 0. The molecule has 0 atom stereocenters. The van der Waals surface area contributed by atoms with E-state index in [1.54, 1.807) is 0 Å². The van der Waals surface area contributed by atoms with Gasteiger partial charge >= 0.3 is 0 Å². The number of aromatic nitrogens is 2. The molecule has 5 heteroatoms. The van der Waals surface area contributed by atoms with Crippen molar-refractivity contribution in [3.05, 3.63) is 18.1 Å². The van der Waals surface area contributed by atoms with E-state index in [1.165, 1.54) is 19.4 Å². The average Bonchev–Trinajstić information content (AvgIpc) is 3.30. The highest BCUT2D eigenvalue weighted by molar-refractivity contribution is 5.36. The number of nitrogens with zero attached hydrogens (tertiary/aromatic N) is 4. The molecule has 1 aromatic rings. The van der Waals surface area contributed by atoms with E-state index in [0.717, 1.165) is 56.2 Å². The van der Waals surface area contributed by atoms with Crippen molar-refractivity contribution in [3.8, 4) is 0 Å². The van der Waals surface area contributed by atoms with Crippen molar-refractivity contribution >= 4 is 5.82 Å². The van der Waals surface area contributed by atoms with Crippen molar-refractivity contribution in [2.75, 3.05) is 37.6 Å². The summed E-state index contributed by atoms with van der Waals surface area (Å²) < 4.78 is 0. The second-order valence-electron chi connectivity index (χ2n) is 6.70. The second-order valence-corrected chi connectivity index (χ2v) is 6.70. The summed E-state index contributed by atoms with van der Waals surface area (Å²) in [5.41, 5.74) is 1.05. The van der Waals surface area contributed by atoms with Crippen molar-refractivity contribution in [1.29, 1.82) is 0 Å². The first kappa shape index (κ1) is 14.7. The van der Waals surface area contributed by atoms with Crippen molar-refractivity contribution in [3.63, 3.8) is 0 Å². The molecule has 1 aliphatic carbocycles. The summed E-state index contributed by atoms with van der Waals surface area (Å²) in [5.74, 6) is 1.77. The quantitative estimate of drug-likeness (QED) is 0.860. The van der Waals surface area contributed by atoms with Gasteiger partial charge in [0.05, 0.1) is 18.1 Å². The summed E-state index contributed by atoms with van der Waals surface area (Å²) in [4.78, 5) is 14.0. The van der Waals surface area contributed by atoms with Crippen LogP contribution in [0.4, 0.5) is 5.82 Å². The van der Waals surface area contributed by atoms with Crippen LogP contribution in [0.5, 0.6) is 0 Å². The lowest BCUT2D eigenvalue weighted by atomic mass is 10.2. The van der Waals surface area contributed by atoms with E-state index >= 15 is 0 Å². The van der Waals surface area contributed by atoms with E-state index in [2.05, 4.69) is 38.9 Å². The van der Waals surface area contributed by atoms with Crippen molar-refractivity contribution in [2.24, 2.45) is 5.92 Å². The molecule has 5 nitrogen and oxygen atoms in total. The first-order valence-corrected chi connectivity index (χ1v) is 8.22. The zero-order valence-electron chi connectivity index (χ0n) is 13.3. The van der Waals surface area contributed by atoms with Crippen LogP contribution in [0.25, 0.3) is 0 Å². The summed E-state index contributed by atoms with van der Waals surface area (Å²) in [5, 5.41) is 3.47. The van der Waals surface area contributed by atoms with Crippen LogP contribution in [0.15, 0.2) is 12.4 Å². The molecule has 2 heterocycles. The average molecular weight is 289 g/mol. The molecule has 2 fully saturated rings. The minimum Gasteiger partial charge on any atom is -0.353 e. The molecule has 1 aromatic heterocycles. The van der Waals surface area contributed by atoms with Gasteiger partial charge in [0.25, 0.3) is 0 Å². The summed E-state index contributed by atoms with van der Waals surface area (Å²) in [6, 6.07) is 0.723. The van der Waals surface area contributed by atoms with Gasteiger partial charge in [-0.3, -0.25) is 9.88 Å². The Balaban J connectivity index is 1.48. The maximum Gasteiger partial charge on any atom is 0.147 e. The predicted octanol–water partition coefficient (Wildman–Crippen LogP) is 1.51. The van der Waals surface area contributed by atoms with Crippen LogP contribution in [0, 0.1) is 5.92 Å². The van der Waals surface area contributed by atoms with Crippen LogP contribution in [0.3, 0.4) is 0 Å². The normalized spacial score (nSPS) is 20.2. The van der Waals surface area contributed by atoms with Gasteiger partial charge in [-0.15, -0.1) is 0 Å². The van der Waals surface area contributed by atoms with Crippen LogP contribution >= 0.6 is 0 Å². The van der Waals surface area contributed by atoms with Crippen molar-refractivity contribution in [2.45, 2.75) is 39.3 Å². The SMILES string of the molecule is CC(C)CN1CCN(c2cnc(CNC3CC3)cn2)CC1. The Hall–Kier alpha value is -1.20. The van der Waals surface area contributed by atoms with E-state index < -0.39 is 0 Å². The number of rotatable bonds is 6. The topological polar surface area (TPSA) is 44.3 Å². The van der Waals surface area contributed by atoms with Crippen LogP contribution < -0.4 is 10.2 Å². The molecule has 0 spiro atoms. The highest BCUT2D eigenvalue weighted by Gasteiger charge is 2.21. The highest BCUT2D eigenvalue weighted by Crippen LogP contribution is 2.19. The Kier molecular flexibility index (Phi) is 4.70. The molecule has 0 bridgehead atoms. The fourth-order valence-corrected chi connectivity index (χ4v) is 2.81. The number of hydrogen-bond donors (Lipinski definition) is 1. The largest absolute Gasteiger partial charge is 0.353 e. The molecule has 1 N–H and O–H groups in total. The van der Waals surface area contributed by atoms with Crippen molar-refractivity contribution in [1.82, 2.24) is 20.2 Å². The summed E-state index contributed by atoms with van der Waals surface area (Å²) >= 11 is 0. The molecule has 0 unspecified atom stereocenters. The molecule has 2 aliphatic rings. The van der Waals surface area contributed by atoms with Crippen molar-refractivity contribution < 1.29 is 0 Å². The summed E-state index contributed by atoms with van der Waals surface area (Å²) in [6.07, 6.45) is 6.48. The molecule has 0 amide bonds. The lowest BCUT2D eigenvalue weighted by Crippen LogP contribution is -2.47.